The SMILES string of the molecule is CCOC(=O)c1cn(-c2cc(NCc3ccc(CO)cc3OC)c(F)cc2CO)c2c(Cl)c(OC3CCN(C(=O)OC(C)(C)C)C3)c(F)cc2c1=O. The zero-order valence-corrected chi connectivity index (χ0v) is 30.1. The van der Waals surface area contributed by atoms with Crippen LogP contribution in [0.1, 0.15) is 61.2 Å². The Bertz CT molecular complexity index is 2070. The van der Waals surface area contributed by atoms with E-state index in [-0.39, 0.29) is 65.7 Å². The minimum absolute atomic E-state index is 0.0343. The van der Waals surface area contributed by atoms with Gasteiger partial charge in [-0.1, -0.05) is 23.7 Å². The van der Waals surface area contributed by atoms with Gasteiger partial charge in [0.05, 0.1) is 55.8 Å². The van der Waals surface area contributed by atoms with Crippen LogP contribution in [0, 0.1) is 11.6 Å². The van der Waals surface area contributed by atoms with Gasteiger partial charge in [-0.2, -0.15) is 0 Å². The van der Waals surface area contributed by atoms with Crippen molar-refractivity contribution < 1.29 is 47.5 Å². The lowest BCUT2D eigenvalue weighted by molar-refractivity contribution is 0.0275. The van der Waals surface area contributed by atoms with Gasteiger partial charge in [-0.05, 0) is 57.5 Å². The van der Waals surface area contributed by atoms with Crippen LogP contribution in [0.3, 0.4) is 0 Å². The molecule has 0 spiro atoms. The molecule has 1 fully saturated rings. The fraction of sp³-hybridized carbons (Fsp3) is 0.378. The second-order valence-electron chi connectivity index (χ2n) is 13.1. The fourth-order valence-electron chi connectivity index (χ4n) is 5.85. The minimum Gasteiger partial charge on any atom is -0.496 e. The van der Waals surface area contributed by atoms with Gasteiger partial charge in [0.2, 0.25) is 5.43 Å². The second kappa shape index (κ2) is 15.8. The largest absolute Gasteiger partial charge is 0.496 e. The van der Waals surface area contributed by atoms with E-state index in [2.05, 4.69) is 5.32 Å². The Morgan fingerprint density at radius 1 is 1.06 bits per heavy atom. The van der Waals surface area contributed by atoms with E-state index in [1.165, 1.54) is 22.6 Å². The number of carbonyl (C=O) groups is 2. The molecule has 3 aromatic carbocycles. The Labute approximate surface area is 303 Å². The number of methoxy groups -OCH3 is 1. The molecule has 2 heterocycles. The summed E-state index contributed by atoms with van der Waals surface area (Å²) in [5.74, 6) is -2.67. The molecule has 1 aliphatic heterocycles. The first-order valence-electron chi connectivity index (χ1n) is 16.5. The molecular weight excluding hydrogens is 704 g/mol. The summed E-state index contributed by atoms with van der Waals surface area (Å²) in [6.45, 7) is 6.28. The summed E-state index contributed by atoms with van der Waals surface area (Å²) in [7, 11) is 1.46. The molecule has 1 atom stereocenters. The summed E-state index contributed by atoms with van der Waals surface area (Å²) in [6.07, 6.45) is 0.232. The number of esters is 1. The van der Waals surface area contributed by atoms with E-state index in [4.69, 9.17) is 30.5 Å². The van der Waals surface area contributed by atoms with Crippen LogP contribution >= 0.6 is 11.6 Å². The van der Waals surface area contributed by atoms with Crippen molar-refractivity contribution in [1.82, 2.24) is 9.47 Å². The first kappa shape index (κ1) is 38.3. The number of benzene rings is 3. The third-order valence-electron chi connectivity index (χ3n) is 8.32. The predicted molar refractivity (Wildman–Crippen MR) is 189 cm³/mol. The van der Waals surface area contributed by atoms with Crippen LogP contribution in [0.15, 0.2) is 47.4 Å². The topological polar surface area (TPSA) is 149 Å². The lowest BCUT2D eigenvalue weighted by Gasteiger charge is -2.24. The Balaban J connectivity index is 1.62. The summed E-state index contributed by atoms with van der Waals surface area (Å²) in [4.78, 5) is 40.7. The van der Waals surface area contributed by atoms with E-state index < -0.39 is 58.8 Å². The number of aliphatic hydroxyl groups is 2. The zero-order chi connectivity index (χ0) is 37.9. The number of hydrogen-bond donors (Lipinski definition) is 3. The molecule has 4 aromatic rings. The van der Waals surface area contributed by atoms with Crippen molar-refractivity contribution in [3.8, 4) is 17.2 Å². The number of nitrogens with zero attached hydrogens (tertiary/aromatic N) is 2. The van der Waals surface area contributed by atoms with Crippen molar-refractivity contribution >= 4 is 40.3 Å². The van der Waals surface area contributed by atoms with Crippen LogP contribution in [0.2, 0.25) is 5.02 Å². The van der Waals surface area contributed by atoms with Crippen molar-refractivity contribution in [1.29, 1.82) is 0 Å². The highest BCUT2D eigenvalue weighted by molar-refractivity contribution is 6.36. The van der Waals surface area contributed by atoms with Crippen molar-refractivity contribution in [3.63, 3.8) is 0 Å². The average molecular weight is 744 g/mol. The highest BCUT2D eigenvalue weighted by Gasteiger charge is 2.33. The Kier molecular flexibility index (Phi) is 11.6. The molecule has 15 heteroatoms. The zero-order valence-electron chi connectivity index (χ0n) is 29.3. The van der Waals surface area contributed by atoms with E-state index in [9.17, 15) is 24.6 Å². The summed E-state index contributed by atoms with van der Waals surface area (Å²) in [6, 6.07) is 8.38. The number of halogens is 3. The van der Waals surface area contributed by atoms with E-state index in [0.717, 1.165) is 18.3 Å². The number of fused-ring (bicyclic) bond motifs is 1. The molecule has 3 N–H and O–H groups in total. The van der Waals surface area contributed by atoms with E-state index in [0.29, 0.717) is 23.3 Å². The highest BCUT2D eigenvalue weighted by Crippen LogP contribution is 2.39. The number of ether oxygens (including phenoxy) is 4. The number of nitrogens with one attached hydrogen (secondary N) is 1. The molecule has 0 saturated carbocycles. The van der Waals surface area contributed by atoms with Gasteiger partial charge in [-0.3, -0.25) is 4.79 Å². The molecule has 5 rings (SSSR count). The number of carbonyl (C=O) groups excluding carboxylic acids is 2. The third kappa shape index (κ3) is 8.09. The smallest absolute Gasteiger partial charge is 0.410 e. The molecule has 0 bridgehead atoms. The van der Waals surface area contributed by atoms with Crippen molar-refractivity contribution in [3.05, 3.63) is 91.7 Å². The van der Waals surface area contributed by atoms with Gasteiger partial charge in [0.15, 0.2) is 11.6 Å². The van der Waals surface area contributed by atoms with Crippen LogP contribution in [-0.2, 0) is 29.2 Å². The average Bonchev–Trinajstić information content (AvgIpc) is 3.58. The molecule has 0 radical (unpaired) electrons. The normalized spacial score (nSPS) is 14.4. The molecular formula is C37H40ClF2N3O9. The molecule has 1 unspecified atom stereocenters. The van der Waals surface area contributed by atoms with Crippen molar-refractivity contribution in [2.75, 3.05) is 32.1 Å². The van der Waals surface area contributed by atoms with Crippen LogP contribution < -0.4 is 20.2 Å². The number of pyridine rings is 1. The molecule has 52 heavy (non-hydrogen) atoms. The number of aromatic nitrogens is 1. The van der Waals surface area contributed by atoms with Gasteiger partial charge in [-0.15, -0.1) is 0 Å². The molecule has 12 nitrogen and oxygen atoms in total. The van der Waals surface area contributed by atoms with E-state index in [1.807, 2.05) is 0 Å². The lowest BCUT2D eigenvalue weighted by atomic mass is 10.1. The van der Waals surface area contributed by atoms with Crippen LogP contribution in [0.4, 0.5) is 19.3 Å². The van der Waals surface area contributed by atoms with Crippen LogP contribution in [0.5, 0.6) is 11.5 Å². The summed E-state index contributed by atoms with van der Waals surface area (Å²) < 4.78 is 54.6. The summed E-state index contributed by atoms with van der Waals surface area (Å²) in [5.41, 5.74) is -0.786. The molecule has 278 valence electrons. The van der Waals surface area contributed by atoms with Crippen molar-refractivity contribution in [2.24, 2.45) is 0 Å². The summed E-state index contributed by atoms with van der Waals surface area (Å²) >= 11 is 6.87. The molecule has 1 amide bonds. The first-order chi connectivity index (χ1) is 24.7. The van der Waals surface area contributed by atoms with Crippen LogP contribution in [0.25, 0.3) is 16.6 Å². The maximum Gasteiger partial charge on any atom is 0.410 e. The van der Waals surface area contributed by atoms with Gasteiger partial charge < -0.3 is 43.9 Å². The van der Waals surface area contributed by atoms with Gasteiger partial charge in [0.25, 0.3) is 0 Å². The standard InChI is InChI=1S/C37H40ClF2N3O9/c1-6-50-35(47)25-17-43(29-14-28(26(39)12-22(29)19-45)41-15-21-8-7-20(18-44)11-30(21)49-5)32-24(33(25)46)13-27(40)34(31(32)38)51-23-9-10-42(16-23)36(48)52-37(2,3)4/h7-8,11-14,17,23,41,44-45H,6,9-10,15-16,18-19H2,1-5H3. The van der Waals surface area contributed by atoms with Gasteiger partial charge in [-0.25, -0.2) is 18.4 Å². The maximum atomic E-state index is 15.8. The number of anilines is 1. The Hall–Kier alpha value is -4.92. The minimum atomic E-state index is -0.997. The van der Waals surface area contributed by atoms with E-state index >= 15 is 8.78 Å². The predicted octanol–water partition coefficient (Wildman–Crippen LogP) is 6.09. The van der Waals surface area contributed by atoms with Gasteiger partial charge in [0.1, 0.15) is 33.9 Å². The Morgan fingerprint density at radius 2 is 1.81 bits per heavy atom. The van der Waals surface area contributed by atoms with Gasteiger partial charge >= 0.3 is 12.1 Å². The second-order valence-corrected chi connectivity index (χ2v) is 13.5. The first-order valence-corrected chi connectivity index (χ1v) is 16.9. The van der Waals surface area contributed by atoms with E-state index in [1.54, 1.807) is 45.9 Å². The molecule has 0 aliphatic carbocycles. The number of likely N-dealkylation sites (tertiary alicyclic amines) is 1. The summed E-state index contributed by atoms with van der Waals surface area (Å²) in [5, 5.41) is 22.2. The number of amides is 1. The van der Waals surface area contributed by atoms with Gasteiger partial charge in [0, 0.05) is 36.8 Å². The Morgan fingerprint density at radius 3 is 2.46 bits per heavy atom. The van der Waals surface area contributed by atoms with Crippen molar-refractivity contribution in [2.45, 2.75) is 65.6 Å². The molecule has 1 aromatic heterocycles. The monoisotopic (exact) mass is 743 g/mol. The third-order valence-corrected chi connectivity index (χ3v) is 8.67. The quantitative estimate of drug-likeness (QED) is 0.154. The fourth-order valence-corrected chi connectivity index (χ4v) is 6.17. The molecule has 1 saturated heterocycles. The maximum absolute atomic E-state index is 15.8. The molecule has 1 aliphatic rings. The number of aliphatic hydroxyl groups excluding tert-OH is 2. The number of rotatable bonds is 11. The van der Waals surface area contributed by atoms with Crippen LogP contribution in [-0.4, -0.2) is 70.3 Å². The number of hydrogen-bond acceptors (Lipinski definition) is 10. The highest BCUT2D eigenvalue weighted by atomic mass is 35.5. The lowest BCUT2D eigenvalue weighted by Crippen LogP contribution is -2.36.